The van der Waals surface area contributed by atoms with Crippen LogP contribution in [0.2, 0.25) is 0 Å². The minimum Gasteiger partial charge on any atom is -0.339 e. The summed E-state index contributed by atoms with van der Waals surface area (Å²) in [7, 11) is 1.87. The van der Waals surface area contributed by atoms with Crippen molar-refractivity contribution < 1.29 is 9.59 Å². The predicted octanol–water partition coefficient (Wildman–Crippen LogP) is 4.95. The first kappa shape index (κ1) is 18.9. The molecule has 3 rings (SSSR count). The third kappa shape index (κ3) is 4.44. The predicted molar refractivity (Wildman–Crippen MR) is 113 cm³/mol. The van der Waals surface area contributed by atoms with Crippen LogP contribution in [-0.4, -0.2) is 29.8 Å². The number of halogens is 1. The molecule has 0 aromatic heterocycles. The molecule has 26 heavy (non-hydrogen) atoms. The number of hydrogen-bond acceptors (Lipinski definition) is 2. The number of rotatable bonds is 4. The lowest BCUT2D eigenvalue weighted by Crippen LogP contribution is -2.38. The van der Waals surface area contributed by atoms with Crippen LogP contribution in [0.15, 0.2) is 48.5 Å². The van der Waals surface area contributed by atoms with Gasteiger partial charge in [-0.25, -0.2) is 0 Å². The molecule has 0 heterocycles. The molecule has 1 N–H and O–H groups in total. The normalized spacial score (nSPS) is 14.7. The molecule has 2 aromatic rings. The summed E-state index contributed by atoms with van der Waals surface area (Å²) in [5.74, 6) is -0.237. The minimum atomic E-state index is -0.205. The molecule has 0 spiro atoms. The van der Waals surface area contributed by atoms with Gasteiger partial charge in [0, 0.05) is 22.2 Å². The number of hydrogen-bond donors (Lipinski definition) is 1. The lowest BCUT2D eigenvalue weighted by Gasteiger charge is -2.31. The van der Waals surface area contributed by atoms with E-state index >= 15 is 0 Å². The van der Waals surface area contributed by atoms with Gasteiger partial charge >= 0.3 is 0 Å². The van der Waals surface area contributed by atoms with Gasteiger partial charge in [0.25, 0.3) is 11.8 Å². The molecule has 0 unspecified atom stereocenters. The standard InChI is InChI=1S/C21H23IN2O2/c1-24(17-10-3-2-4-11-17)21(26)18-12-5-6-13-19(18)23-20(25)15-8-7-9-16(22)14-15/h5-9,12-14,17H,2-4,10-11H2,1H3,(H,23,25). The maximum atomic E-state index is 13.0. The summed E-state index contributed by atoms with van der Waals surface area (Å²) in [4.78, 5) is 27.4. The van der Waals surface area contributed by atoms with Gasteiger partial charge in [-0.05, 0) is 65.8 Å². The van der Waals surface area contributed by atoms with E-state index in [9.17, 15) is 9.59 Å². The van der Waals surface area contributed by atoms with E-state index < -0.39 is 0 Å². The van der Waals surface area contributed by atoms with Crippen molar-refractivity contribution in [2.75, 3.05) is 12.4 Å². The highest BCUT2D eigenvalue weighted by Gasteiger charge is 2.24. The summed E-state index contributed by atoms with van der Waals surface area (Å²) >= 11 is 2.18. The smallest absolute Gasteiger partial charge is 0.255 e. The van der Waals surface area contributed by atoms with Crippen LogP contribution in [-0.2, 0) is 0 Å². The second kappa shape index (κ2) is 8.66. The maximum Gasteiger partial charge on any atom is 0.255 e. The van der Waals surface area contributed by atoms with Crippen LogP contribution >= 0.6 is 22.6 Å². The van der Waals surface area contributed by atoms with Crippen molar-refractivity contribution in [2.24, 2.45) is 0 Å². The van der Waals surface area contributed by atoms with E-state index in [1.54, 1.807) is 18.2 Å². The van der Waals surface area contributed by atoms with Gasteiger partial charge in [0.15, 0.2) is 0 Å². The first-order valence-electron chi connectivity index (χ1n) is 8.99. The van der Waals surface area contributed by atoms with Crippen molar-refractivity contribution in [2.45, 2.75) is 38.1 Å². The third-order valence-electron chi connectivity index (χ3n) is 4.94. The minimum absolute atomic E-state index is 0.0320. The molecular formula is C21H23IN2O2. The third-order valence-corrected chi connectivity index (χ3v) is 5.61. The highest BCUT2D eigenvalue weighted by atomic mass is 127. The van der Waals surface area contributed by atoms with E-state index in [2.05, 4.69) is 27.9 Å². The molecule has 0 bridgehead atoms. The van der Waals surface area contributed by atoms with Gasteiger partial charge in [-0.1, -0.05) is 37.5 Å². The molecule has 0 atom stereocenters. The molecule has 136 valence electrons. The van der Waals surface area contributed by atoms with E-state index in [0.29, 0.717) is 16.8 Å². The van der Waals surface area contributed by atoms with E-state index in [1.165, 1.54) is 19.3 Å². The second-order valence-corrected chi connectivity index (χ2v) is 7.96. The lowest BCUT2D eigenvalue weighted by atomic mass is 9.94. The van der Waals surface area contributed by atoms with Gasteiger partial charge in [-0.3, -0.25) is 9.59 Å². The molecule has 0 radical (unpaired) electrons. The fraction of sp³-hybridized carbons (Fsp3) is 0.333. The summed E-state index contributed by atoms with van der Waals surface area (Å²) in [5.41, 5.74) is 1.68. The van der Waals surface area contributed by atoms with Crippen molar-refractivity contribution in [3.05, 3.63) is 63.2 Å². The van der Waals surface area contributed by atoms with Crippen LogP contribution in [0.3, 0.4) is 0 Å². The van der Waals surface area contributed by atoms with Crippen LogP contribution in [0.5, 0.6) is 0 Å². The van der Waals surface area contributed by atoms with E-state index in [-0.39, 0.29) is 17.9 Å². The largest absolute Gasteiger partial charge is 0.339 e. The molecule has 5 heteroatoms. The fourth-order valence-electron chi connectivity index (χ4n) is 3.43. The van der Waals surface area contributed by atoms with E-state index in [4.69, 9.17) is 0 Å². The Hall–Kier alpha value is -1.89. The number of nitrogens with zero attached hydrogens (tertiary/aromatic N) is 1. The van der Waals surface area contributed by atoms with E-state index in [1.807, 2.05) is 42.3 Å². The van der Waals surface area contributed by atoms with Gasteiger partial charge < -0.3 is 10.2 Å². The zero-order valence-electron chi connectivity index (χ0n) is 14.9. The monoisotopic (exact) mass is 462 g/mol. The van der Waals surface area contributed by atoms with Gasteiger partial charge in [0.2, 0.25) is 0 Å². The Labute approximate surface area is 168 Å². The number of carbonyl (C=O) groups excluding carboxylic acids is 2. The van der Waals surface area contributed by atoms with Crippen LogP contribution in [0.1, 0.15) is 52.8 Å². The van der Waals surface area contributed by atoms with Gasteiger partial charge in [-0.15, -0.1) is 0 Å². The Morgan fingerprint density at radius 1 is 1.04 bits per heavy atom. The number of nitrogens with one attached hydrogen (secondary N) is 1. The molecule has 1 aliphatic carbocycles. The van der Waals surface area contributed by atoms with Gasteiger partial charge in [0.05, 0.1) is 11.3 Å². The molecule has 1 saturated carbocycles. The highest BCUT2D eigenvalue weighted by molar-refractivity contribution is 14.1. The van der Waals surface area contributed by atoms with Crippen molar-refractivity contribution in [3.8, 4) is 0 Å². The topological polar surface area (TPSA) is 49.4 Å². The Morgan fingerprint density at radius 3 is 2.50 bits per heavy atom. The number of benzene rings is 2. The number of anilines is 1. The van der Waals surface area contributed by atoms with Gasteiger partial charge in [-0.2, -0.15) is 0 Å². The Balaban J connectivity index is 1.79. The molecule has 2 amide bonds. The lowest BCUT2D eigenvalue weighted by molar-refractivity contribution is 0.0697. The van der Waals surface area contributed by atoms with Crippen LogP contribution in [0.25, 0.3) is 0 Å². The highest BCUT2D eigenvalue weighted by Crippen LogP contribution is 2.25. The molecule has 1 fully saturated rings. The molecule has 2 aromatic carbocycles. The van der Waals surface area contributed by atoms with Crippen molar-refractivity contribution in [1.82, 2.24) is 4.90 Å². The SMILES string of the molecule is CN(C(=O)c1ccccc1NC(=O)c1cccc(I)c1)C1CCCCC1. The Kier molecular flexibility index (Phi) is 6.29. The number of amides is 2. The summed E-state index contributed by atoms with van der Waals surface area (Å²) in [6.07, 6.45) is 5.71. The van der Waals surface area contributed by atoms with Crippen LogP contribution in [0, 0.1) is 3.57 Å². The molecule has 1 aliphatic rings. The average molecular weight is 462 g/mol. The molecule has 0 aliphatic heterocycles. The zero-order chi connectivity index (χ0) is 18.5. The summed E-state index contributed by atoms with van der Waals surface area (Å²) in [6.45, 7) is 0. The molecule has 0 saturated heterocycles. The fourth-order valence-corrected chi connectivity index (χ4v) is 3.97. The average Bonchev–Trinajstić information content (AvgIpc) is 2.68. The summed E-state index contributed by atoms with van der Waals surface area (Å²) < 4.78 is 0.997. The number of carbonyl (C=O) groups is 2. The van der Waals surface area contributed by atoms with Crippen molar-refractivity contribution in [1.29, 1.82) is 0 Å². The van der Waals surface area contributed by atoms with Crippen LogP contribution in [0.4, 0.5) is 5.69 Å². The summed E-state index contributed by atoms with van der Waals surface area (Å²) in [5, 5.41) is 2.90. The molecule has 4 nitrogen and oxygen atoms in total. The van der Waals surface area contributed by atoms with Crippen LogP contribution < -0.4 is 5.32 Å². The Morgan fingerprint density at radius 2 is 1.77 bits per heavy atom. The first-order chi connectivity index (χ1) is 12.6. The van der Waals surface area contributed by atoms with E-state index in [0.717, 1.165) is 16.4 Å². The van der Waals surface area contributed by atoms with Crippen molar-refractivity contribution in [3.63, 3.8) is 0 Å². The number of para-hydroxylation sites is 1. The molecular weight excluding hydrogens is 439 g/mol. The maximum absolute atomic E-state index is 13.0. The quantitative estimate of drug-likeness (QED) is 0.654. The summed E-state index contributed by atoms with van der Waals surface area (Å²) in [6, 6.07) is 14.9. The van der Waals surface area contributed by atoms with Crippen molar-refractivity contribution >= 4 is 40.1 Å². The zero-order valence-corrected chi connectivity index (χ0v) is 17.0. The second-order valence-electron chi connectivity index (χ2n) is 6.72. The van der Waals surface area contributed by atoms with Gasteiger partial charge in [0.1, 0.15) is 0 Å². The first-order valence-corrected chi connectivity index (χ1v) is 10.1. The Bertz CT molecular complexity index is 800.